The first-order valence-electron chi connectivity index (χ1n) is 14.3. The van der Waals surface area contributed by atoms with Crippen molar-refractivity contribution in [2.24, 2.45) is 5.92 Å². The summed E-state index contributed by atoms with van der Waals surface area (Å²) in [6.07, 6.45) is 2.84. The molecule has 0 spiro atoms. The van der Waals surface area contributed by atoms with Gasteiger partial charge in [-0.1, -0.05) is 38.1 Å². The van der Waals surface area contributed by atoms with E-state index < -0.39 is 0 Å². The molecule has 0 bridgehead atoms. The molecule has 3 heterocycles. The zero-order chi connectivity index (χ0) is 28.8. The Morgan fingerprint density at radius 2 is 1.67 bits per heavy atom. The lowest BCUT2D eigenvalue weighted by atomic mass is 10.0. The van der Waals surface area contributed by atoms with Gasteiger partial charge in [0.2, 0.25) is 0 Å². The molecule has 6 heteroatoms. The minimum atomic E-state index is 0.536. The zero-order valence-electron chi connectivity index (χ0n) is 24.0. The van der Waals surface area contributed by atoms with Crippen molar-refractivity contribution in [1.29, 1.82) is 5.26 Å². The maximum atomic E-state index is 9.95. The number of pyridine rings is 1. The minimum absolute atomic E-state index is 0.536. The van der Waals surface area contributed by atoms with Gasteiger partial charge in [0, 0.05) is 41.8 Å². The molecule has 1 aliphatic rings. The monoisotopic (exact) mass is 549 g/mol. The fourth-order valence-corrected chi connectivity index (χ4v) is 6.08. The van der Waals surface area contributed by atoms with Crippen molar-refractivity contribution < 1.29 is 4.74 Å². The number of fused-ring (bicyclic) bond motifs is 4. The molecule has 0 aliphatic carbocycles. The minimum Gasteiger partial charge on any atom is -0.457 e. The first-order chi connectivity index (χ1) is 20.5. The molecule has 0 radical (unpaired) electrons. The summed E-state index contributed by atoms with van der Waals surface area (Å²) in [5, 5.41) is 11.9. The van der Waals surface area contributed by atoms with Crippen LogP contribution in [0.4, 0.5) is 17.1 Å². The summed E-state index contributed by atoms with van der Waals surface area (Å²) in [7, 11) is 2.11. The average molecular weight is 550 g/mol. The molecule has 6 aromatic rings. The van der Waals surface area contributed by atoms with Gasteiger partial charge in [0.05, 0.1) is 40.7 Å². The van der Waals surface area contributed by atoms with Crippen LogP contribution in [-0.2, 0) is 6.42 Å². The molecule has 0 amide bonds. The van der Waals surface area contributed by atoms with Gasteiger partial charge in [-0.2, -0.15) is 5.26 Å². The molecule has 2 aromatic heterocycles. The Labute approximate surface area is 245 Å². The van der Waals surface area contributed by atoms with Gasteiger partial charge in [0.1, 0.15) is 17.3 Å². The first-order valence-corrected chi connectivity index (χ1v) is 14.3. The lowest BCUT2D eigenvalue weighted by molar-refractivity contribution is 0.483. The van der Waals surface area contributed by atoms with Gasteiger partial charge in [-0.05, 0) is 78.6 Å². The molecule has 206 valence electrons. The maximum absolute atomic E-state index is 9.95. The van der Waals surface area contributed by atoms with E-state index in [0.717, 1.165) is 57.9 Å². The molecule has 7 rings (SSSR count). The van der Waals surface area contributed by atoms with Crippen LogP contribution in [-0.4, -0.2) is 23.3 Å². The van der Waals surface area contributed by atoms with Crippen LogP contribution in [0.5, 0.6) is 11.5 Å². The van der Waals surface area contributed by atoms with Gasteiger partial charge >= 0.3 is 0 Å². The molecule has 6 nitrogen and oxygen atoms in total. The van der Waals surface area contributed by atoms with E-state index in [1.54, 1.807) is 0 Å². The van der Waals surface area contributed by atoms with Gasteiger partial charge < -0.3 is 14.5 Å². The van der Waals surface area contributed by atoms with Crippen LogP contribution in [0.1, 0.15) is 25.0 Å². The van der Waals surface area contributed by atoms with Gasteiger partial charge in [-0.3, -0.25) is 4.57 Å². The van der Waals surface area contributed by atoms with Crippen LogP contribution in [0.15, 0.2) is 103 Å². The second kappa shape index (κ2) is 10.3. The standard InChI is InChI=1S/C36H31N5O/c1-24(2)18-25-16-17-38-35(19-25)41-33-13-6-8-26(22-37)36(33)30-15-14-29(21-34(30)41)42-28-10-7-9-27(20-28)40-23-39(3)31-11-4-5-12-32(31)40/h4-17,19-21,24H,18,23H2,1-3H3. The van der Waals surface area contributed by atoms with Gasteiger partial charge in [0.25, 0.3) is 0 Å². The lowest BCUT2D eigenvalue weighted by Crippen LogP contribution is -2.23. The quantitative estimate of drug-likeness (QED) is 0.208. The zero-order valence-corrected chi connectivity index (χ0v) is 24.0. The molecule has 42 heavy (non-hydrogen) atoms. The molecule has 0 saturated carbocycles. The van der Waals surface area contributed by atoms with Crippen LogP contribution in [0.3, 0.4) is 0 Å². The number of rotatable bonds is 6. The highest BCUT2D eigenvalue weighted by Gasteiger charge is 2.24. The van der Waals surface area contributed by atoms with Crippen molar-refractivity contribution >= 4 is 38.9 Å². The summed E-state index contributed by atoms with van der Waals surface area (Å²) in [4.78, 5) is 9.31. The summed E-state index contributed by atoms with van der Waals surface area (Å²) in [5.74, 6) is 2.85. The Hall–Kier alpha value is -5.28. The fraction of sp³-hybridized carbons (Fsp3) is 0.167. The van der Waals surface area contributed by atoms with Gasteiger partial charge in [-0.15, -0.1) is 0 Å². The van der Waals surface area contributed by atoms with Crippen LogP contribution < -0.4 is 14.5 Å². The van der Waals surface area contributed by atoms with Crippen LogP contribution in [0.2, 0.25) is 0 Å². The number of anilines is 3. The smallest absolute Gasteiger partial charge is 0.137 e. The summed E-state index contributed by atoms with van der Waals surface area (Å²) in [5.41, 5.74) is 7.25. The summed E-state index contributed by atoms with van der Waals surface area (Å²) in [6.45, 7) is 5.22. The van der Waals surface area contributed by atoms with Gasteiger partial charge in [-0.25, -0.2) is 4.98 Å². The Morgan fingerprint density at radius 3 is 2.50 bits per heavy atom. The van der Waals surface area contributed by atoms with E-state index in [2.05, 4.69) is 108 Å². The predicted octanol–water partition coefficient (Wildman–Crippen LogP) is 8.59. The summed E-state index contributed by atoms with van der Waals surface area (Å²) in [6, 6.07) is 35.2. The predicted molar refractivity (Wildman–Crippen MR) is 170 cm³/mol. The van der Waals surface area contributed by atoms with E-state index in [-0.39, 0.29) is 0 Å². The number of nitriles is 1. The van der Waals surface area contributed by atoms with Crippen LogP contribution >= 0.6 is 0 Å². The Kier molecular flexibility index (Phi) is 6.28. The van der Waals surface area contributed by atoms with Crippen LogP contribution in [0.25, 0.3) is 27.6 Å². The van der Waals surface area contributed by atoms with Crippen molar-refractivity contribution in [3.8, 4) is 23.4 Å². The number of nitrogens with zero attached hydrogens (tertiary/aromatic N) is 5. The molecule has 0 saturated heterocycles. The third kappa shape index (κ3) is 4.40. The van der Waals surface area contributed by atoms with Crippen molar-refractivity contribution in [3.63, 3.8) is 0 Å². The second-order valence-electron chi connectivity index (χ2n) is 11.3. The van der Waals surface area contributed by atoms with E-state index in [1.165, 1.54) is 16.9 Å². The summed E-state index contributed by atoms with van der Waals surface area (Å²) >= 11 is 0. The molecule has 0 unspecified atom stereocenters. The third-order valence-electron chi connectivity index (χ3n) is 7.87. The Morgan fingerprint density at radius 1 is 0.857 bits per heavy atom. The SMILES string of the molecule is CC(C)Cc1ccnc(-n2c3cc(Oc4cccc(N5CN(C)c6ccccc65)c4)ccc3c3c(C#N)cccc32)c1. The Bertz CT molecular complexity index is 2000. The van der Waals surface area contributed by atoms with E-state index in [1.807, 2.05) is 36.5 Å². The molecular weight excluding hydrogens is 518 g/mol. The van der Waals surface area contributed by atoms with Crippen molar-refractivity contribution in [2.75, 3.05) is 23.5 Å². The number of aromatic nitrogens is 2. The molecule has 1 aliphatic heterocycles. The van der Waals surface area contributed by atoms with E-state index in [9.17, 15) is 5.26 Å². The highest BCUT2D eigenvalue weighted by Crippen LogP contribution is 2.41. The lowest BCUT2D eigenvalue weighted by Gasteiger charge is -2.20. The van der Waals surface area contributed by atoms with Crippen molar-refractivity contribution in [1.82, 2.24) is 9.55 Å². The normalized spacial score (nSPS) is 12.7. The highest BCUT2D eigenvalue weighted by atomic mass is 16.5. The number of benzene rings is 4. The third-order valence-corrected chi connectivity index (χ3v) is 7.87. The fourth-order valence-electron chi connectivity index (χ4n) is 6.08. The molecule has 0 fully saturated rings. The summed E-state index contributed by atoms with van der Waals surface area (Å²) < 4.78 is 8.63. The number of ether oxygens (including phenoxy) is 1. The number of hydrogen-bond donors (Lipinski definition) is 0. The number of hydrogen-bond acceptors (Lipinski definition) is 5. The van der Waals surface area contributed by atoms with Crippen LogP contribution in [0, 0.1) is 17.2 Å². The van der Waals surface area contributed by atoms with Crippen molar-refractivity contribution in [2.45, 2.75) is 20.3 Å². The molecule has 4 aromatic carbocycles. The van der Waals surface area contributed by atoms with Gasteiger partial charge in [0.15, 0.2) is 0 Å². The highest BCUT2D eigenvalue weighted by molar-refractivity contribution is 6.12. The largest absolute Gasteiger partial charge is 0.457 e. The second-order valence-corrected chi connectivity index (χ2v) is 11.3. The number of para-hydroxylation sites is 2. The first kappa shape index (κ1) is 25.7. The van der Waals surface area contributed by atoms with Crippen molar-refractivity contribution in [3.05, 3.63) is 114 Å². The topological polar surface area (TPSA) is 57.3 Å². The van der Waals surface area contributed by atoms with E-state index in [4.69, 9.17) is 9.72 Å². The molecule has 0 N–H and O–H groups in total. The Balaban J connectivity index is 1.31. The maximum Gasteiger partial charge on any atom is 0.137 e. The average Bonchev–Trinajstić information content (AvgIpc) is 3.51. The van der Waals surface area contributed by atoms with E-state index in [0.29, 0.717) is 11.5 Å². The van der Waals surface area contributed by atoms with E-state index >= 15 is 0 Å². The molecule has 0 atom stereocenters. The molecular formula is C36H31N5O.